The van der Waals surface area contributed by atoms with Gasteiger partial charge in [0, 0.05) is 13.1 Å². The second-order valence-electron chi connectivity index (χ2n) is 9.77. The molecule has 0 spiro atoms. The first-order chi connectivity index (χ1) is 15.7. The van der Waals surface area contributed by atoms with Crippen molar-refractivity contribution >= 4 is 22.8 Å². The van der Waals surface area contributed by atoms with Gasteiger partial charge in [0.15, 0.2) is 5.65 Å². The van der Waals surface area contributed by atoms with Gasteiger partial charge in [-0.25, -0.2) is 19.3 Å². The summed E-state index contributed by atoms with van der Waals surface area (Å²) in [5, 5.41) is 9.45. The molecule has 0 radical (unpaired) electrons. The van der Waals surface area contributed by atoms with E-state index in [1.165, 1.54) is 0 Å². The number of hydrogen-bond donors (Lipinski definition) is 0. The fourth-order valence-electron chi connectivity index (χ4n) is 4.26. The number of carbonyl (C=O) groups excluding carboxylic acids is 1. The Kier molecular flexibility index (Phi) is 5.07. The third-order valence-corrected chi connectivity index (χ3v) is 5.86. The number of nitrogens with zero attached hydrogens (tertiary/aromatic N) is 7. The fourth-order valence-corrected chi connectivity index (χ4v) is 4.26. The minimum Gasteiger partial charge on any atom is -0.444 e. The van der Waals surface area contributed by atoms with Gasteiger partial charge in [-0.1, -0.05) is 0 Å². The zero-order valence-electron chi connectivity index (χ0n) is 19.7. The van der Waals surface area contributed by atoms with Crippen LogP contribution in [0.4, 0.5) is 4.79 Å². The molecule has 1 saturated heterocycles. The standard InChI is InChI=1S/C24H29N7O2/c1-15-12-20(28-31-13-16(2)25-22(15)31)18-6-7-19-21(26-18)14-30(27-19)17-8-10-29(11-9-17)23(32)33-24(3,4)5/h6-7,12-14,17H,8-11H2,1-5H3. The van der Waals surface area contributed by atoms with E-state index in [1.807, 2.05) is 74.4 Å². The van der Waals surface area contributed by atoms with Gasteiger partial charge in [0.05, 0.1) is 29.8 Å². The van der Waals surface area contributed by atoms with E-state index >= 15 is 0 Å². The van der Waals surface area contributed by atoms with Gasteiger partial charge in [0.2, 0.25) is 0 Å². The average Bonchev–Trinajstić information content (AvgIpc) is 3.35. The Balaban J connectivity index is 1.35. The zero-order valence-corrected chi connectivity index (χ0v) is 19.7. The Morgan fingerprint density at radius 2 is 1.76 bits per heavy atom. The molecule has 33 heavy (non-hydrogen) atoms. The van der Waals surface area contributed by atoms with Gasteiger partial charge < -0.3 is 9.64 Å². The number of aromatic nitrogens is 6. The molecule has 0 aliphatic carbocycles. The minimum atomic E-state index is -0.481. The van der Waals surface area contributed by atoms with Gasteiger partial charge in [-0.3, -0.25) is 4.68 Å². The maximum absolute atomic E-state index is 12.3. The van der Waals surface area contributed by atoms with Crippen LogP contribution in [0.1, 0.15) is 50.9 Å². The van der Waals surface area contributed by atoms with E-state index in [4.69, 9.17) is 19.9 Å². The van der Waals surface area contributed by atoms with Crippen molar-refractivity contribution in [2.45, 2.75) is 59.1 Å². The van der Waals surface area contributed by atoms with Gasteiger partial charge in [-0.15, -0.1) is 0 Å². The molecule has 1 amide bonds. The van der Waals surface area contributed by atoms with Crippen molar-refractivity contribution in [3.05, 3.63) is 41.9 Å². The molecule has 0 bridgehead atoms. The molecule has 0 unspecified atom stereocenters. The first-order valence-electron chi connectivity index (χ1n) is 11.3. The van der Waals surface area contributed by atoms with Crippen molar-refractivity contribution in [1.82, 2.24) is 34.3 Å². The maximum Gasteiger partial charge on any atom is 0.410 e. The van der Waals surface area contributed by atoms with E-state index in [0.29, 0.717) is 13.1 Å². The molecular formula is C24H29N7O2. The third-order valence-electron chi connectivity index (χ3n) is 5.86. The van der Waals surface area contributed by atoms with Crippen molar-refractivity contribution in [3.63, 3.8) is 0 Å². The second-order valence-corrected chi connectivity index (χ2v) is 9.77. The van der Waals surface area contributed by atoms with Gasteiger partial charge in [0.25, 0.3) is 0 Å². The summed E-state index contributed by atoms with van der Waals surface area (Å²) in [4.78, 5) is 23.5. The molecule has 0 saturated carbocycles. The predicted molar refractivity (Wildman–Crippen MR) is 125 cm³/mol. The van der Waals surface area contributed by atoms with Crippen molar-refractivity contribution in [3.8, 4) is 11.4 Å². The van der Waals surface area contributed by atoms with Crippen molar-refractivity contribution < 1.29 is 9.53 Å². The summed E-state index contributed by atoms with van der Waals surface area (Å²) < 4.78 is 9.31. The fraction of sp³-hybridized carbons (Fsp3) is 0.458. The molecule has 172 valence electrons. The lowest BCUT2D eigenvalue weighted by Gasteiger charge is -2.33. The Labute approximate surface area is 192 Å². The lowest BCUT2D eigenvalue weighted by atomic mass is 10.1. The van der Waals surface area contributed by atoms with Crippen molar-refractivity contribution in [1.29, 1.82) is 0 Å². The van der Waals surface area contributed by atoms with Crippen LogP contribution in [0.3, 0.4) is 0 Å². The van der Waals surface area contributed by atoms with Crippen LogP contribution < -0.4 is 0 Å². The van der Waals surface area contributed by atoms with E-state index < -0.39 is 5.60 Å². The van der Waals surface area contributed by atoms with Crippen LogP contribution in [0.15, 0.2) is 30.6 Å². The number of pyridine rings is 1. The molecule has 1 aliphatic rings. The van der Waals surface area contributed by atoms with Crippen molar-refractivity contribution in [2.24, 2.45) is 0 Å². The Morgan fingerprint density at radius 1 is 1.00 bits per heavy atom. The van der Waals surface area contributed by atoms with Crippen LogP contribution in [-0.2, 0) is 4.74 Å². The molecule has 5 heterocycles. The number of imidazole rings is 1. The van der Waals surface area contributed by atoms with Crippen LogP contribution in [0, 0.1) is 13.8 Å². The van der Waals surface area contributed by atoms with E-state index in [2.05, 4.69) is 4.98 Å². The number of fused-ring (bicyclic) bond motifs is 2. The highest BCUT2D eigenvalue weighted by Crippen LogP contribution is 2.26. The molecule has 1 aliphatic heterocycles. The number of hydrogen-bond acceptors (Lipinski definition) is 6. The minimum absolute atomic E-state index is 0.229. The van der Waals surface area contributed by atoms with Crippen LogP contribution >= 0.6 is 0 Å². The lowest BCUT2D eigenvalue weighted by molar-refractivity contribution is 0.0185. The van der Waals surface area contributed by atoms with Gasteiger partial charge in [0.1, 0.15) is 22.3 Å². The summed E-state index contributed by atoms with van der Waals surface area (Å²) in [5.41, 5.74) is 5.67. The van der Waals surface area contributed by atoms with Gasteiger partial charge >= 0.3 is 6.09 Å². The molecule has 9 nitrogen and oxygen atoms in total. The first-order valence-corrected chi connectivity index (χ1v) is 11.3. The Hall–Kier alpha value is -3.49. The second kappa shape index (κ2) is 7.83. The van der Waals surface area contributed by atoms with Crippen LogP contribution in [0.25, 0.3) is 28.1 Å². The van der Waals surface area contributed by atoms with Crippen LogP contribution in [-0.4, -0.2) is 59.0 Å². The smallest absolute Gasteiger partial charge is 0.410 e. The average molecular weight is 448 g/mol. The number of carbonyl (C=O) groups is 1. The zero-order chi connectivity index (χ0) is 23.3. The molecule has 1 fully saturated rings. The molecular weight excluding hydrogens is 418 g/mol. The summed E-state index contributed by atoms with van der Waals surface area (Å²) in [5.74, 6) is 0. The normalized spacial score (nSPS) is 15.5. The highest BCUT2D eigenvalue weighted by Gasteiger charge is 2.28. The highest BCUT2D eigenvalue weighted by atomic mass is 16.6. The number of rotatable bonds is 2. The number of ether oxygens (including phenoxy) is 1. The molecule has 0 atom stereocenters. The maximum atomic E-state index is 12.3. The summed E-state index contributed by atoms with van der Waals surface area (Å²) in [6.07, 6.45) is 5.34. The molecule has 4 aromatic heterocycles. The summed E-state index contributed by atoms with van der Waals surface area (Å²) in [6, 6.07) is 6.20. The Morgan fingerprint density at radius 3 is 2.48 bits per heavy atom. The number of piperidine rings is 1. The van der Waals surface area contributed by atoms with Gasteiger partial charge in [-0.05, 0) is 71.2 Å². The largest absolute Gasteiger partial charge is 0.444 e. The predicted octanol–water partition coefficient (Wildman–Crippen LogP) is 4.33. The third kappa shape index (κ3) is 4.27. The van der Waals surface area contributed by atoms with E-state index in [1.54, 1.807) is 4.90 Å². The number of likely N-dealkylation sites (tertiary alicyclic amines) is 1. The monoisotopic (exact) mass is 447 g/mol. The number of amides is 1. The van der Waals surface area contributed by atoms with E-state index in [0.717, 1.165) is 52.2 Å². The van der Waals surface area contributed by atoms with Crippen LogP contribution in [0.5, 0.6) is 0 Å². The molecule has 9 heteroatoms. The molecule has 0 aromatic carbocycles. The summed E-state index contributed by atoms with van der Waals surface area (Å²) in [7, 11) is 0. The van der Waals surface area contributed by atoms with Crippen molar-refractivity contribution in [2.75, 3.05) is 13.1 Å². The lowest BCUT2D eigenvalue weighted by Crippen LogP contribution is -2.42. The van der Waals surface area contributed by atoms with E-state index in [9.17, 15) is 4.79 Å². The highest BCUT2D eigenvalue weighted by molar-refractivity contribution is 5.77. The SMILES string of the molecule is Cc1cn2nc(-c3ccc4nn(C5CCN(C(=O)OC(C)(C)C)CC5)cc4n3)cc(C)c2n1. The molecule has 5 rings (SSSR count). The summed E-state index contributed by atoms with van der Waals surface area (Å²) in [6.45, 7) is 11.0. The number of aryl methyl sites for hydroxylation is 2. The first kappa shape index (κ1) is 21.4. The molecule has 0 N–H and O–H groups in total. The topological polar surface area (TPSA) is 90.4 Å². The van der Waals surface area contributed by atoms with E-state index in [-0.39, 0.29) is 12.1 Å². The quantitative estimate of drug-likeness (QED) is 0.454. The van der Waals surface area contributed by atoms with Gasteiger partial charge in [-0.2, -0.15) is 10.2 Å². The van der Waals surface area contributed by atoms with Crippen LogP contribution in [0.2, 0.25) is 0 Å². The summed E-state index contributed by atoms with van der Waals surface area (Å²) >= 11 is 0. The Bertz CT molecular complexity index is 1340. The molecule has 4 aromatic rings.